The molecular formula is C27H37N3O2. The number of nitrogens with one attached hydrogen (secondary N) is 1. The van der Waals surface area contributed by atoms with Gasteiger partial charge in [0.15, 0.2) is 0 Å². The standard InChI is InChI=1S/C27H37N3O2/c1-4-17-30(20-25(31)28-26(21(2)3)22-11-7-5-8-12-22)24-15-18-29(19-16-24)27(32)23-13-9-6-10-14-23/h5-14,21,24,26H,4,15-20H2,1-3H3,(H,28,31). The molecule has 1 aliphatic heterocycles. The van der Waals surface area contributed by atoms with Crippen LogP contribution in [0, 0.1) is 5.92 Å². The number of amides is 2. The average Bonchev–Trinajstić information content (AvgIpc) is 2.83. The minimum Gasteiger partial charge on any atom is -0.348 e. The van der Waals surface area contributed by atoms with E-state index in [2.05, 4.69) is 43.1 Å². The first-order chi connectivity index (χ1) is 15.5. The molecule has 5 nitrogen and oxygen atoms in total. The minimum absolute atomic E-state index is 0.0116. The maximum absolute atomic E-state index is 13.0. The molecule has 1 unspecified atom stereocenters. The third-order valence-corrected chi connectivity index (χ3v) is 6.29. The lowest BCUT2D eigenvalue weighted by molar-refractivity contribution is -0.124. The van der Waals surface area contributed by atoms with Gasteiger partial charge in [-0.2, -0.15) is 0 Å². The van der Waals surface area contributed by atoms with E-state index in [9.17, 15) is 9.59 Å². The Morgan fingerprint density at radius 3 is 2.16 bits per heavy atom. The summed E-state index contributed by atoms with van der Waals surface area (Å²) in [5.74, 6) is 0.489. The maximum Gasteiger partial charge on any atom is 0.253 e. The summed E-state index contributed by atoms with van der Waals surface area (Å²) in [6, 6.07) is 20.0. The van der Waals surface area contributed by atoms with Crippen LogP contribution in [0.3, 0.4) is 0 Å². The van der Waals surface area contributed by atoms with Crippen LogP contribution >= 0.6 is 0 Å². The lowest BCUT2D eigenvalue weighted by atomic mass is 9.96. The minimum atomic E-state index is 0.0116. The van der Waals surface area contributed by atoms with E-state index in [1.54, 1.807) is 0 Å². The lowest BCUT2D eigenvalue weighted by Crippen LogP contribution is -2.50. The van der Waals surface area contributed by atoms with Gasteiger partial charge in [-0.1, -0.05) is 69.3 Å². The molecular weight excluding hydrogens is 398 g/mol. The fraction of sp³-hybridized carbons (Fsp3) is 0.481. The first-order valence-electron chi connectivity index (χ1n) is 11.9. The molecule has 0 bridgehead atoms. The predicted molar refractivity (Wildman–Crippen MR) is 129 cm³/mol. The highest BCUT2D eigenvalue weighted by molar-refractivity contribution is 5.94. The lowest BCUT2D eigenvalue weighted by Gasteiger charge is -2.38. The predicted octanol–water partition coefficient (Wildman–Crippen LogP) is 4.52. The largest absolute Gasteiger partial charge is 0.348 e. The zero-order valence-corrected chi connectivity index (χ0v) is 19.7. The number of likely N-dealkylation sites (tertiary alicyclic amines) is 1. The van der Waals surface area contributed by atoms with Crippen LogP contribution in [0.2, 0.25) is 0 Å². The molecule has 5 heteroatoms. The molecule has 0 radical (unpaired) electrons. The van der Waals surface area contributed by atoms with Gasteiger partial charge in [-0.15, -0.1) is 0 Å². The fourth-order valence-corrected chi connectivity index (χ4v) is 4.57. The van der Waals surface area contributed by atoms with E-state index >= 15 is 0 Å². The SMILES string of the molecule is CCCN(CC(=O)NC(c1ccccc1)C(C)C)C1CCN(C(=O)c2ccccc2)CC1. The Morgan fingerprint density at radius 1 is 1.00 bits per heavy atom. The Balaban J connectivity index is 1.57. The van der Waals surface area contributed by atoms with Crippen molar-refractivity contribution in [1.82, 2.24) is 15.1 Å². The number of piperidine rings is 1. The van der Waals surface area contributed by atoms with Gasteiger partial charge in [0.05, 0.1) is 12.6 Å². The summed E-state index contributed by atoms with van der Waals surface area (Å²) in [6.45, 7) is 9.20. The third kappa shape index (κ3) is 6.42. The Labute approximate surface area is 192 Å². The van der Waals surface area contributed by atoms with Crippen molar-refractivity contribution >= 4 is 11.8 Å². The van der Waals surface area contributed by atoms with Crippen LogP contribution in [0.25, 0.3) is 0 Å². The summed E-state index contributed by atoms with van der Waals surface area (Å²) in [5, 5.41) is 3.26. The molecule has 32 heavy (non-hydrogen) atoms. The van der Waals surface area contributed by atoms with Crippen LogP contribution in [-0.4, -0.2) is 53.8 Å². The van der Waals surface area contributed by atoms with Crippen molar-refractivity contribution in [3.05, 3.63) is 71.8 Å². The van der Waals surface area contributed by atoms with Crippen molar-refractivity contribution in [1.29, 1.82) is 0 Å². The van der Waals surface area contributed by atoms with E-state index in [0.717, 1.165) is 50.0 Å². The fourth-order valence-electron chi connectivity index (χ4n) is 4.57. The van der Waals surface area contributed by atoms with Crippen LogP contribution < -0.4 is 5.32 Å². The quantitative estimate of drug-likeness (QED) is 0.630. The van der Waals surface area contributed by atoms with Crippen molar-refractivity contribution in [2.24, 2.45) is 5.92 Å². The van der Waals surface area contributed by atoms with Crippen molar-refractivity contribution < 1.29 is 9.59 Å². The molecule has 1 heterocycles. The Kier molecular flexibility index (Phi) is 8.86. The normalized spacial score (nSPS) is 15.7. The van der Waals surface area contributed by atoms with Gasteiger partial charge in [0.2, 0.25) is 5.91 Å². The number of carbonyl (C=O) groups is 2. The molecule has 1 fully saturated rings. The molecule has 1 atom stereocenters. The summed E-state index contributed by atoms with van der Waals surface area (Å²) < 4.78 is 0. The van der Waals surface area contributed by atoms with E-state index in [1.807, 2.05) is 53.4 Å². The number of carbonyl (C=O) groups excluding carboxylic acids is 2. The van der Waals surface area contributed by atoms with Gasteiger partial charge in [0.1, 0.15) is 0 Å². The molecule has 3 rings (SSSR count). The smallest absolute Gasteiger partial charge is 0.253 e. The second kappa shape index (κ2) is 11.8. The first kappa shape index (κ1) is 24.0. The summed E-state index contributed by atoms with van der Waals surface area (Å²) in [4.78, 5) is 30.0. The number of hydrogen-bond donors (Lipinski definition) is 1. The molecule has 0 aliphatic carbocycles. The van der Waals surface area contributed by atoms with Crippen molar-refractivity contribution in [3.63, 3.8) is 0 Å². The molecule has 2 aromatic rings. The summed E-state index contributed by atoms with van der Waals surface area (Å²) in [6.07, 6.45) is 2.80. The maximum atomic E-state index is 13.0. The monoisotopic (exact) mass is 435 g/mol. The third-order valence-electron chi connectivity index (χ3n) is 6.29. The number of nitrogens with zero attached hydrogens (tertiary/aromatic N) is 2. The van der Waals surface area contributed by atoms with Crippen molar-refractivity contribution in [2.75, 3.05) is 26.2 Å². The van der Waals surface area contributed by atoms with Crippen LogP contribution in [0.4, 0.5) is 0 Å². The zero-order valence-electron chi connectivity index (χ0n) is 19.7. The zero-order chi connectivity index (χ0) is 22.9. The van der Waals surface area contributed by atoms with Gasteiger partial charge in [-0.25, -0.2) is 0 Å². The highest BCUT2D eigenvalue weighted by Crippen LogP contribution is 2.22. The molecule has 0 aromatic heterocycles. The second-order valence-electron chi connectivity index (χ2n) is 9.06. The molecule has 2 amide bonds. The Morgan fingerprint density at radius 2 is 1.59 bits per heavy atom. The molecule has 0 saturated carbocycles. The van der Waals surface area contributed by atoms with Gasteiger partial charge >= 0.3 is 0 Å². The summed E-state index contributed by atoms with van der Waals surface area (Å²) >= 11 is 0. The van der Waals surface area contributed by atoms with Crippen LogP contribution in [-0.2, 0) is 4.79 Å². The van der Waals surface area contributed by atoms with E-state index in [0.29, 0.717) is 18.5 Å². The number of benzene rings is 2. The van der Waals surface area contributed by atoms with Gasteiger partial charge in [-0.05, 0) is 49.4 Å². The van der Waals surface area contributed by atoms with E-state index in [-0.39, 0.29) is 17.9 Å². The number of hydrogen-bond acceptors (Lipinski definition) is 3. The Hall–Kier alpha value is -2.66. The van der Waals surface area contributed by atoms with Gasteiger partial charge in [0.25, 0.3) is 5.91 Å². The van der Waals surface area contributed by atoms with E-state index < -0.39 is 0 Å². The second-order valence-corrected chi connectivity index (χ2v) is 9.06. The van der Waals surface area contributed by atoms with E-state index in [1.165, 1.54) is 0 Å². The van der Waals surface area contributed by atoms with E-state index in [4.69, 9.17) is 0 Å². The molecule has 1 saturated heterocycles. The van der Waals surface area contributed by atoms with Crippen molar-refractivity contribution in [2.45, 2.75) is 52.1 Å². The van der Waals surface area contributed by atoms with Crippen LogP contribution in [0.1, 0.15) is 62.0 Å². The van der Waals surface area contributed by atoms with Crippen LogP contribution in [0.15, 0.2) is 60.7 Å². The van der Waals surface area contributed by atoms with Gasteiger partial charge in [0, 0.05) is 24.7 Å². The van der Waals surface area contributed by atoms with Crippen LogP contribution in [0.5, 0.6) is 0 Å². The summed E-state index contributed by atoms with van der Waals surface area (Å²) in [5.41, 5.74) is 1.89. The first-order valence-corrected chi connectivity index (χ1v) is 11.9. The molecule has 1 aliphatic rings. The summed E-state index contributed by atoms with van der Waals surface area (Å²) in [7, 11) is 0. The van der Waals surface area contributed by atoms with Gasteiger partial charge < -0.3 is 10.2 Å². The Bertz CT molecular complexity index is 846. The number of rotatable bonds is 9. The topological polar surface area (TPSA) is 52.7 Å². The molecule has 0 spiro atoms. The molecule has 2 aromatic carbocycles. The average molecular weight is 436 g/mol. The molecule has 172 valence electrons. The molecule has 1 N–H and O–H groups in total. The highest BCUT2D eigenvalue weighted by Gasteiger charge is 2.29. The highest BCUT2D eigenvalue weighted by atomic mass is 16.2. The van der Waals surface area contributed by atoms with Crippen molar-refractivity contribution in [3.8, 4) is 0 Å². The van der Waals surface area contributed by atoms with Gasteiger partial charge in [-0.3, -0.25) is 14.5 Å².